The number of hydrogen-bond acceptors (Lipinski definition) is 7. The second kappa shape index (κ2) is 12.0. The molecule has 1 aliphatic rings. The molecule has 2 atom stereocenters. The highest BCUT2D eigenvalue weighted by atomic mass is 35.5. The first-order valence-electron chi connectivity index (χ1n) is 11.9. The lowest BCUT2D eigenvalue weighted by Gasteiger charge is -2.19. The molecule has 0 spiro atoms. The van der Waals surface area contributed by atoms with E-state index >= 15 is 0 Å². The topological polar surface area (TPSA) is 114 Å². The largest absolute Gasteiger partial charge is 0.467 e. The normalized spacial score (nSPS) is 15.4. The number of nitrogen functional groups attached to an aromatic ring is 1. The van der Waals surface area contributed by atoms with Crippen LogP contribution in [-0.4, -0.2) is 58.2 Å². The Bertz CT molecular complexity index is 1270. The zero-order chi connectivity index (χ0) is 26.5. The van der Waals surface area contributed by atoms with Crippen LogP contribution in [0.3, 0.4) is 0 Å². The van der Waals surface area contributed by atoms with Crippen molar-refractivity contribution in [3.05, 3.63) is 69.6 Å². The molecule has 196 valence electrons. The molecule has 0 aliphatic carbocycles. The molecule has 0 bridgehead atoms. The van der Waals surface area contributed by atoms with Crippen molar-refractivity contribution in [1.29, 1.82) is 0 Å². The highest BCUT2D eigenvalue weighted by Crippen LogP contribution is 2.35. The number of amides is 1. The SMILES string of the molecule is CC(Oc1nc(-c2cccc(C(=O)NCC(O)CN3CCCC3)c2)cnc1N)c1c(Cl)ccc(F)c1Cl. The fourth-order valence-corrected chi connectivity index (χ4v) is 4.89. The summed E-state index contributed by atoms with van der Waals surface area (Å²) in [6.45, 7) is 4.28. The number of carbonyl (C=O) groups excluding carboxylic acids is 1. The molecule has 1 saturated heterocycles. The van der Waals surface area contributed by atoms with E-state index in [-0.39, 0.29) is 39.8 Å². The van der Waals surface area contributed by atoms with E-state index < -0.39 is 18.0 Å². The van der Waals surface area contributed by atoms with Crippen molar-refractivity contribution in [3.63, 3.8) is 0 Å². The van der Waals surface area contributed by atoms with E-state index in [1.807, 2.05) is 0 Å². The van der Waals surface area contributed by atoms with Gasteiger partial charge in [0.15, 0.2) is 5.82 Å². The molecule has 4 N–H and O–H groups in total. The van der Waals surface area contributed by atoms with Crippen LogP contribution in [-0.2, 0) is 0 Å². The molecule has 4 rings (SSSR count). The molecule has 1 aromatic heterocycles. The maximum absolute atomic E-state index is 14.0. The average molecular weight is 548 g/mol. The van der Waals surface area contributed by atoms with Crippen molar-refractivity contribution in [2.24, 2.45) is 0 Å². The Hall–Kier alpha value is -2.98. The van der Waals surface area contributed by atoms with Gasteiger partial charge >= 0.3 is 0 Å². The van der Waals surface area contributed by atoms with Gasteiger partial charge in [-0.3, -0.25) is 4.79 Å². The fourth-order valence-electron chi connectivity index (χ4n) is 4.21. The van der Waals surface area contributed by atoms with Gasteiger partial charge in [-0.05, 0) is 57.1 Å². The van der Waals surface area contributed by atoms with Crippen molar-refractivity contribution in [1.82, 2.24) is 20.2 Å². The zero-order valence-corrected chi connectivity index (χ0v) is 21.8. The van der Waals surface area contributed by atoms with Gasteiger partial charge in [0, 0.05) is 34.8 Å². The van der Waals surface area contributed by atoms with Gasteiger partial charge in [-0.15, -0.1) is 0 Å². The van der Waals surface area contributed by atoms with Gasteiger partial charge in [-0.25, -0.2) is 14.4 Å². The molecule has 2 aromatic carbocycles. The van der Waals surface area contributed by atoms with Crippen molar-refractivity contribution < 1.29 is 19.0 Å². The number of rotatable bonds is 9. The summed E-state index contributed by atoms with van der Waals surface area (Å²) in [5.74, 6) is -0.893. The quantitative estimate of drug-likeness (QED) is 0.338. The van der Waals surface area contributed by atoms with Gasteiger partial charge in [-0.2, -0.15) is 0 Å². The molecule has 1 aliphatic heterocycles. The van der Waals surface area contributed by atoms with Crippen LogP contribution in [0.5, 0.6) is 5.88 Å². The Balaban J connectivity index is 1.46. The number of hydrogen-bond donors (Lipinski definition) is 3. The number of aliphatic hydroxyl groups excluding tert-OH is 1. The molecular formula is C26H28Cl2FN5O3. The van der Waals surface area contributed by atoms with E-state index in [4.69, 9.17) is 33.7 Å². The monoisotopic (exact) mass is 547 g/mol. The third-order valence-corrected chi connectivity index (χ3v) is 6.84. The Morgan fingerprint density at radius 3 is 2.78 bits per heavy atom. The van der Waals surface area contributed by atoms with E-state index in [0.717, 1.165) is 25.9 Å². The van der Waals surface area contributed by atoms with Gasteiger partial charge in [-0.1, -0.05) is 35.3 Å². The predicted octanol–water partition coefficient (Wildman–Crippen LogP) is 4.50. The van der Waals surface area contributed by atoms with Crippen molar-refractivity contribution in [3.8, 4) is 17.1 Å². The van der Waals surface area contributed by atoms with E-state index in [9.17, 15) is 14.3 Å². The summed E-state index contributed by atoms with van der Waals surface area (Å²) in [4.78, 5) is 23.5. The lowest BCUT2D eigenvalue weighted by atomic mass is 10.1. The highest BCUT2D eigenvalue weighted by molar-refractivity contribution is 6.36. The summed E-state index contributed by atoms with van der Waals surface area (Å²) in [6.07, 6.45) is 2.32. The number of halogens is 3. The molecule has 3 aromatic rings. The second-order valence-electron chi connectivity index (χ2n) is 8.91. The standard InChI is InChI=1S/C26H28Cl2FN5O3/c1-15(22-19(27)7-8-20(29)23(22)28)37-26-24(30)31-13-21(33-26)16-5-4-6-17(11-16)25(36)32-12-18(35)14-34-9-2-3-10-34/h4-8,11,13,15,18,35H,2-3,9-10,12,14H2,1H3,(H2,30,31)(H,32,36). The first-order chi connectivity index (χ1) is 17.7. The summed E-state index contributed by atoms with van der Waals surface area (Å²) < 4.78 is 19.8. The lowest BCUT2D eigenvalue weighted by Crippen LogP contribution is -2.39. The molecule has 0 saturated carbocycles. The molecule has 37 heavy (non-hydrogen) atoms. The number of benzene rings is 2. The van der Waals surface area contributed by atoms with Crippen LogP contribution in [0.15, 0.2) is 42.6 Å². The van der Waals surface area contributed by atoms with Crippen LogP contribution in [0.2, 0.25) is 10.0 Å². The molecule has 2 unspecified atom stereocenters. The summed E-state index contributed by atoms with van der Waals surface area (Å²) >= 11 is 12.3. The number of anilines is 1. The number of ether oxygens (including phenoxy) is 1. The van der Waals surface area contributed by atoms with Crippen LogP contribution in [0, 0.1) is 5.82 Å². The van der Waals surface area contributed by atoms with Crippen LogP contribution in [0.1, 0.15) is 41.8 Å². The van der Waals surface area contributed by atoms with Crippen molar-refractivity contribution in [2.45, 2.75) is 32.0 Å². The zero-order valence-electron chi connectivity index (χ0n) is 20.3. The van der Waals surface area contributed by atoms with E-state index in [0.29, 0.717) is 23.4 Å². The number of carbonyl (C=O) groups is 1. The lowest BCUT2D eigenvalue weighted by molar-refractivity contribution is 0.0879. The van der Waals surface area contributed by atoms with E-state index in [1.165, 1.54) is 18.3 Å². The smallest absolute Gasteiger partial charge is 0.258 e. The Morgan fingerprint density at radius 2 is 2.03 bits per heavy atom. The predicted molar refractivity (Wildman–Crippen MR) is 141 cm³/mol. The minimum absolute atomic E-state index is 0.0151. The van der Waals surface area contributed by atoms with Crippen LogP contribution in [0.25, 0.3) is 11.3 Å². The number of aromatic nitrogens is 2. The van der Waals surface area contributed by atoms with E-state index in [2.05, 4.69) is 20.2 Å². The van der Waals surface area contributed by atoms with Gasteiger partial charge in [0.2, 0.25) is 0 Å². The van der Waals surface area contributed by atoms with Gasteiger partial charge < -0.3 is 25.8 Å². The van der Waals surface area contributed by atoms with E-state index in [1.54, 1.807) is 31.2 Å². The third kappa shape index (κ3) is 6.67. The summed E-state index contributed by atoms with van der Waals surface area (Å²) in [5, 5.41) is 13.1. The summed E-state index contributed by atoms with van der Waals surface area (Å²) in [5.41, 5.74) is 7.66. The number of aliphatic hydroxyl groups is 1. The Labute approximate surface area is 224 Å². The van der Waals surface area contributed by atoms with Gasteiger partial charge in [0.1, 0.15) is 11.9 Å². The summed E-state index contributed by atoms with van der Waals surface area (Å²) in [7, 11) is 0. The first-order valence-corrected chi connectivity index (χ1v) is 12.7. The molecular weight excluding hydrogens is 520 g/mol. The molecule has 8 nitrogen and oxygen atoms in total. The molecule has 2 heterocycles. The molecule has 1 amide bonds. The molecule has 11 heteroatoms. The number of nitrogens with two attached hydrogens (primary N) is 1. The summed E-state index contributed by atoms with van der Waals surface area (Å²) in [6, 6.07) is 9.39. The maximum atomic E-state index is 14.0. The maximum Gasteiger partial charge on any atom is 0.258 e. The number of likely N-dealkylation sites (tertiary alicyclic amines) is 1. The van der Waals surface area contributed by atoms with Gasteiger partial charge in [0.25, 0.3) is 11.8 Å². The van der Waals surface area contributed by atoms with Crippen molar-refractivity contribution in [2.75, 3.05) is 31.9 Å². The number of β-amino-alcohol motifs (C(OH)–C–C–N with tert-alkyl or cyclic N) is 1. The Morgan fingerprint density at radius 1 is 1.27 bits per heavy atom. The van der Waals surface area contributed by atoms with Crippen molar-refractivity contribution >= 4 is 34.9 Å². The minimum atomic E-state index is -0.772. The molecule has 0 radical (unpaired) electrons. The third-order valence-electron chi connectivity index (χ3n) is 6.13. The first kappa shape index (κ1) is 27.1. The Kier molecular flexibility index (Phi) is 8.81. The fraction of sp³-hybridized carbons (Fsp3) is 0.346. The number of nitrogens with zero attached hydrogens (tertiary/aromatic N) is 3. The van der Waals surface area contributed by atoms with Crippen LogP contribution in [0.4, 0.5) is 10.2 Å². The minimum Gasteiger partial charge on any atom is -0.467 e. The van der Waals surface area contributed by atoms with Gasteiger partial charge in [0.05, 0.1) is 23.0 Å². The molecule has 1 fully saturated rings. The number of nitrogens with one attached hydrogen (secondary N) is 1. The second-order valence-corrected chi connectivity index (χ2v) is 9.70. The highest BCUT2D eigenvalue weighted by Gasteiger charge is 2.21. The average Bonchev–Trinajstić information content (AvgIpc) is 3.39. The van der Waals surface area contributed by atoms with Crippen LogP contribution >= 0.6 is 23.2 Å². The van der Waals surface area contributed by atoms with Crippen LogP contribution < -0.4 is 15.8 Å².